The van der Waals surface area contributed by atoms with E-state index in [0.717, 1.165) is 10.6 Å². The molecule has 0 unspecified atom stereocenters. The molecule has 0 bridgehead atoms. The van der Waals surface area contributed by atoms with E-state index >= 15 is 0 Å². The van der Waals surface area contributed by atoms with Gasteiger partial charge in [-0.25, -0.2) is 9.78 Å². The van der Waals surface area contributed by atoms with Crippen LogP contribution in [0.15, 0.2) is 36.7 Å². The Bertz CT molecular complexity index is 742. The third-order valence-electron chi connectivity index (χ3n) is 2.71. The normalized spacial score (nSPS) is 10.9. The zero-order valence-electron chi connectivity index (χ0n) is 9.62. The van der Waals surface area contributed by atoms with Crippen LogP contribution in [0.1, 0.15) is 15.2 Å². The van der Waals surface area contributed by atoms with Crippen molar-refractivity contribution in [2.24, 2.45) is 0 Å². The predicted molar refractivity (Wildman–Crippen MR) is 70.2 cm³/mol. The molecule has 3 heterocycles. The third kappa shape index (κ3) is 1.69. The molecule has 18 heavy (non-hydrogen) atoms. The number of carboxylic acid groups (broad SMARTS) is 1. The van der Waals surface area contributed by atoms with Crippen LogP contribution in [0, 0.1) is 6.92 Å². The fourth-order valence-corrected chi connectivity index (χ4v) is 2.69. The second kappa shape index (κ2) is 3.96. The fourth-order valence-electron chi connectivity index (χ4n) is 1.87. The summed E-state index contributed by atoms with van der Waals surface area (Å²) in [5.74, 6) is -0.958. The number of rotatable bonds is 2. The molecular formula is C13H10N2O2S. The van der Waals surface area contributed by atoms with Crippen LogP contribution in [0.5, 0.6) is 0 Å². The van der Waals surface area contributed by atoms with E-state index in [0.29, 0.717) is 5.65 Å². The Hall–Kier alpha value is -2.14. The number of aromatic carboxylic acids is 1. The van der Waals surface area contributed by atoms with Crippen molar-refractivity contribution in [3.63, 3.8) is 0 Å². The standard InChI is InChI=1S/C13H10N2O2S/c1-8-4-5-11(18-8)10-7-15-6-2-3-9(13(16)17)12(15)14-10/h2-7H,1H3,(H,16,17). The monoisotopic (exact) mass is 258 g/mol. The molecule has 0 aliphatic rings. The number of pyridine rings is 1. The minimum absolute atomic E-state index is 0.219. The van der Waals surface area contributed by atoms with Crippen molar-refractivity contribution in [3.8, 4) is 10.6 Å². The summed E-state index contributed by atoms with van der Waals surface area (Å²) in [4.78, 5) is 17.8. The van der Waals surface area contributed by atoms with Gasteiger partial charge in [-0.05, 0) is 31.2 Å². The molecule has 0 aromatic carbocycles. The van der Waals surface area contributed by atoms with Crippen LogP contribution in [-0.4, -0.2) is 20.5 Å². The van der Waals surface area contributed by atoms with Crippen LogP contribution >= 0.6 is 11.3 Å². The largest absolute Gasteiger partial charge is 0.478 e. The first kappa shape index (κ1) is 11.0. The minimum atomic E-state index is -0.958. The number of aromatic nitrogens is 2. The first-order valence-electron chi connectivity index (χ1n) is 5.43. The van der Waals surface area contributed by atoms with Gasteiger partial charge in [-0.3, -0.25) is 0 Å². The highest BCUT2D eigenvalue weighted by molar-refractivity contribution is 7.15. The highest BCUT2D eigenvalue weighted by atomic mass is 32.1. The van der Waals surface area contributed by atoms with Gasteiger partial charge in [0.1, 0.15) is 5.56 Å². The number of hydrogen-bond donors (Lipinski definition) is 1. The summed E-state index contributed by atoms with van der Waals surface area (Å²) in [7, 11) is 0. The van der Waals surface area contributed by atoms with E-state index in [2.05, 4.69) is 4.98 Å². The van der Waals surface area contributed by atoms with E-state index < -0.39 is 5.97 Å². The molecule has 3 aromatic rings. The summed E-state index contributed by atoms with van der Waals surface area (Å²) in [5, 5.41) is 9.12. The van der Waals surface area contributed by atoms with Crippen LogP contribution < -0.4 is 0 Å². The molecule has 0 spiro atoms. The molecule has 0 saturated carbocycles. The summed E-state index contributed by atoms with van der Waals surface area (Å²) >= 11 is 1.65. The SMILES string of the molecule is Cc1ccc(-c2cn3cccc(C(=O)O)c3n2)s1. The maximum atomic E-state index is 11.1. The van der Waals surface area contributed by atoms with Crippen LogP contribution in [0.2, 0.25) is 0 Å². The minimum Gasteiger partial charge on any atom is -0.478 e. The predicted octanol–water partition coefficient (Wildman–Crippen LogP) is 3.07. The molecule has 0 fully saturated rings. The summed E-state index contributed by atoms with van der Waals surface area (Å²) in [6.45, 7) is 2.03. The molecule has 90 valence electrons. The molecule has 1 N–H and O–H groups in total. The van der Waals surface area contributed by atoms with Crippen molar-refractivity contribution in [1.82, 2.24) is 9.38 Å². The molecule has 3 aromatic heterocycles. The van der Waals surface area contributed by atoms with Gasteiger partial charge < -0.3 is 9.51 Å². The van der Waals surface area contributed by atoms with E-state index in [1.807, 2.05) is 25.3 Å². The van der Waals surface area contributed by atoms with Crippen LogP contribution in [0.3, 0.4) is 0 Å². The maximum Gasteiger partial charge on any atom is 0.339 e. The molecule has 0 aliphatic carbocycles. The van der Waals surface area contributed by atoms with Gasteiger partial charge >= 0.3 is 5.97 Å². The number of fused-ring (bicyclic) bond motifs is 1. The first-order valence-corrected chi connectivity index (χ1v) is 6.24. The van der Waals surface area contributed by atoms with Crippen LogP contribution in [-0.2, 0) is 0 Å². The topological polar surface area (TPSA) is 54.6 Å². The molecule has 4 nitrogen and oxygen atoms in total. The Balaban J connectivity index is 2.22. The Kier molecular flexibility index (Phi) is 2.41. The lowest BCUT2D eigenvalue weighted by atomic mass is 10.3. The van der Waals surface area contributed by atoms with Gasteiger partial charge in [-0.2, -0.15) is 0 Å². The zero-order chi connectivity index (χ0) is 12.7. The Morgan fingerprint density at radius 2 is 2.22 bits per heavy atom. The lowest BCUT2D eigenvalue weighted by Crippen LogP contribution is -1.99. The number of carbonyl (C=O) groups is 1. The number of nitrogens with zero attached hydrogens (tertiary/aromatic N) is 2. The highest BCUT2D eigenvalue weighted by Gasteiger charge is 2.13. The zero-order valence-corrected chi connectivity index (χ0v) is 10.4. The van der Waals surface area contributed by atoms with Crippen molar-refractivity contribution < 1.29 is 9.90 Å². The molecule has 0 radical (unpaired) electrons. The number of aryl methyl sites for hydroxylation is 1. The molecule has 0 saturated heterocycles. The summed E-state index contributed by atoms with van der Waals surface area (Å²) in [6, 6.07) is 7.31. The maximum absolute atomic E-state index is 11.1. The average Bonchev–Trinajstić information content (AvgIpc) is 2.93. The van der Waals surface area contributed by atoms with E-state index in [1.54, 1.807) is 34.1 Å². The van der Waals surface area contributed by atoms with E-state index in [1.165, 1.54) is 4.88 Å². The molecule has 0 amide bonds. The number of carboxylic acids is 1. The Morgan fingerprint density at radius 3 is 2.89 bits per heavy atom. The van der Waals surface area contributed by atoms with Gasteiger partial charge in [0.05, 0.1) is 10.6 Å². The molecular weight excluding hydrogens is 248 g/mol. The molecule has 0 atom stereocenters. The molecule has 5 heteroatoms. The lowest BCUT2D eigenvalue weighted by Gasteiger charge is -1.96. The van der Waals surface area contributed by atoms with Gasteiger partial charge in [0.2, 0.25) is 0 Å². The van der Waals surface area contributed by atoms with Crippen molar-refractivity contribution in [2.75, 3.05) is 0 Å². The van der Waals surface area contributed by atoms with Gasteiger partial charge in [-0.15, -0.1) is 11.3 Å². The van der Waals surface area contributed by atoms with Crippen molar-refractivity contribution in [3.05, 3.63) is 47.1 Å². The van der Waals surface area contributed by atoms with Gasteiger partial charge in [0, 0.05) is 17.3 Å². The first-order chi connectivity index (χ1) is 8.65. The van der Waals surface area contributed by atoms with Crippen LogP contribution in [0.4, 0.5) is 0 Å². The van der Waals surface area contributed by atoms with Gasteiger partial charge in [0.15, 0.2) is 5.65 Å². The van der Waals surface area contributed by atoms with E-state index in [9.17, 15) is 4.79 Å². The highest BCUT2D eigenvalue weighted by Crippen LogP contribution is 2.27. The van der Waals surface area contributed by atoms with E-state index in [4.69, 9.17) is 5.11 Å². The lowest BCUT2D eigenvalue weighted by molar-refractivity contribution is 0.0698. The second-order valence-corrected chi connectivity index (χ2v) is 5.28. The van der Waals surface area contributed by atoms with Gasteiger partial charge in [0.25, 0.3) is 0 Å². The van der Waals surface area contributed by atoms with Crippen LogP contribution in [0.25, 0.3) is 16.2 Å². The fraction of sp³-hybridized carbons (Fsp3) is 0.0769. The Labute approximate surface area is 107 Å². The van der Waals surface area contributed by atoms with Gasteiger partial charge in [-0.1, -0.05) is 0 Å². The number of thiophene rings is 1. The number of hydrogen-bond acceptors (Lipinski definition) is 3. The summed E-state index contributed by atoms with van der Waals surface area (Å²) in [6.07, 6.45) is 3.66. The summed E-state index contributed by atoms with van der Waals surface area (Å²) in [5.41, 5.74) is 1.50. The average molecular weight is 258 g/mol. The van der Waals surface area contributed by atoms with E-state index in [-0.39, 0.29) is 5.56 Å². The quantitative estimate of drug-likeness (QED) is 0.768. The van der Waals surface area contributed by atoms with Crippen molar-refractivity contribution in [2.45, 2.75) is 6.92 Å². The summed E-state index contributed by atoms with van der Waals surface area (Å²) < 4.78 is 1.74. The molecule has 0 aliphatic heterocycles. The third-order valence-corrected chi connectivity index (χ3v) is 3.73. The number of imidazole rings is 1. The second-order valence-electron chi connectivity index (χ2n) is 3.99. The Morgan fingerprint density at radius 1 is 1.39 bits per heavy atom. The van der Waals surface area contributed by atoms with Crippen molar-refractivity contribution >= 4 is 23.0 Å². The smallest absolute Gasteiger partial charge is 0.339 e. The molecule has 3 rings (SSSR count). The van der Waals surface area contributed by atoms with Crippen molar-refractivity contribution in [1.29, 1.82) is 0 Å².